The van der Waals surface area contributed by atoms with E-state index in [0.29, 0.717) is 11.8 Å². The second-order valence-electron chi connectivity index (χ2n) is 5.27. The van der Waals surface area contributed by atoms with E-state index in [1.54, 1.807) is 0 Å². The second-order valence-corrected chi connectivity index (χ2v) is 5.80. The molecule has 108 valence electrons. The van der Waals surface area contributed by atoms with E-state index in [4.69, 9.17) is 23.2 Å². The molecule has 0 radical (unpaired) electrons. The Labute approximate surface area is 123 Å². The van der Waals surface area contributed by atoms with Crippen molar-refractivity contribution in [3.63, 3.8) is 0 Å². The highest BCUT2D eigenvalue weighted by Crippen LogP contribution is 2.31. The molecule has 0 atom stereocenters. The van der Waals surface area contributed by atoms with Crippen LogP contribution >= 0.6 is 23.2 Å². The molecule has 0 aromatic rings. The average Bonchev–Trinajstić information content (AvgIpc) is 3.28. The van der Waals surface area contributed by atoms with E-state index in [1.165, 1.54) is 6.42 Å². The molecule has 0 fully saturated rings. The third kappa shape index (κ3) is 6.92. The summed E-state index contributed by atoms with van der Waals surface area (Å²) in [5, 5.41) is 22.3. The molecule has 0 unspecified atom stereocenters. The van der Waals surface area contributed by atoms with E-state index in [9.17, 15) is 0 Å². The normalized spacial score (nSPS) is 23.7. The second kappa shape index (κ2) is 6.22. The summed E-state index contributed by atoms with van der Waals surface area (Å²) >= 11 is 10.7. The van der Waals surface area contributed by atoms with Gasteiger partial charge in [-0.3, -0.25) is 0 Å². The van der Waals surface area contributed by atoms with Gasteiger partial charge in [-0.2, -0.15) is 30.7 Å². The smallest absolute Gasteiger partial charge is 0.159 e. The summed E-state index contributed by atoms with van der Waals surface area (Å²) in [5.41, 5.74) is -0.335. The molecular weight excluding hydrogens is 287 g/mol. The minimum atomic E-state index is -0.193. The van der Waals surface area contributed by atoms with Crippen LogP contribution in [0.25, 0.3) is 0 Å². The van der Waals surface area contributed by atoms with Crippen molar-refractivity contribution in [2.24, 2.45) is 30.7 Å². The molecule has 0 aliphatic carbocycles. The Balaban J connectivity index is 0.000000143. The first-order valence-corrected chi connectivity index (χ1v) is 7.31. The van der Waals surface area contributed by atoms with Crippen LogP contribution in [0.2, 0.25) is 0 Å². The van der Waals surface area contributed by atoms with Crippen LogP contribution in [0.1, 0.15) is 40.5 Å². The summed E-state index contributed by atoms with van der Waals surface area (Å²) in [6.07, 6.45) is 2.30. The van der Waals surface area contributed by atoms with Crippen molar-refractivity contribution in [1.29, 1.82) is 0 Å². The molecule has 0 N–H and O–H groups in total. The van der Waals surface area contributed by atoms with E-state index >= 15 is 0 Å². The maximum atomic E-state index is 5.35. The lowest BCUT2D eigenvalue weighted by Crippen LogP contribution is -2.03. The van der Waals surface area contributed by atoms with Gasteiger partial charge in [0.25, 0.3) is 0 Å². The van der Waals surface area contributed by atoms with Gasteiger partial charge in [-0.05, 0) is 27.2 Å². The Hall–Kier alpha value is -0.620. The average molecular weight is 307 g/mol. The fourth-order valence-electron chi connectivity index (χ4n) is 0.937. The van der Waals surface area contributed by atoms with Crippen LogP contribution in [0.4, 0.5) is 0 Å². The molecule has 3 heterocycles. The zero-order valence-corrected chi connectivity index (χ0v) is 13.3. The van der Waals surface area contributed by atoms with Crippen LogP contribution < -0.4 is 0 Å². The minimum absolute atomic E-state index is 0.0503. The molecule has 0 saturated carbocycles. The van der Waals surface area contributed by atoms with Gasteiger partial charge in [0.1, 0.15) is 0 Å². The Kier molecular flexibility index (Phi) is 5.38. The van der Waals surface area contributed by atoms with Crippen molar-refractivity contribution in [3.8, 4) is 0 Å². The number of hydrogen-bond donors (Lipinski definition) is 0. The highest BCUT2D eigenvalue weighted by Gasteiger charge is 2.32. The molecule has 0 spiro atoms. The summed E-state index contributed by atoms with van der Waals surface area (Å²) < 4.78 is 0. The lowest BCUT2D eigenvalue weighted by Gasteiger charge is -1.95. The van der Waals surface area contributed by atoms with Crippen LogP contribution in [0.3, 0.4) is 0 Å². The first-order chi connectivity index (χ1) is 8.80. The Morgan fingerprint density at radius 3 is 1.05 bits per heavy atom. The Bertz CT molecular complexity index is 351. The van der Waals surface area contributed by atoms with Gasteiger partial charge < -0.3 is 0 Å². The summed E-state index contributed by atoms with van der Waals surface area (Å²) in [5.74, 6) is 1.04. The first-order valence-electron chi connectivity index (χ1n) is 6.24. The molecule has 3 aliphatic rings. The standard InChI is InChI=1S/C5H10N2.2C3H5ClN2/c1-3-4-5(2)6-7-5;2*1-3(2-4)5-6-3/h3-4H2,1-2H3;2*2H2,1H3. The number of rotatable bonds is 4. The van der Waals surface area contributed by atoms with Gasteiger partial charge in [0, 0.05) is 0 Å². The fourth-order valence-corrected chi connectivity index (χ4v) is 1.15. The van der Waals surface area contributed by atoms with Crippen molar-refractivity contribution in [3.05, 3.63) is 0 Å². The summed E-state index contributed by atoms with van der Waals surface area (Å²) in [6, 6.07) is 0. The third-order valence-electron chi connectivity index (χ3n) is 2.55. The maximum Gasteiger partial charge on any atom is 0.201 e. The summed E-state index contributed by atoms with van der Waals surface area (Å²) in [6.45, 7) is 7.98. The van der Waals surface area contributed by atoms with Crippen molar-refractivity contribution < 1.29 is 0 Å². The van der Waals surface area contributed by atoms with Crippen LogP contribution in [0.5, 0.6) is 0 Å². The molecular formula is C11H20Cl2N6. The van der Waals surface area contributed by atoms with Gasteiger partial charge >= 0.3 is 0 Å². The summed E-state index contributed by atoms with van der Waals surface area (Å²) in [7, 11) is 0. The Morgan fingerprint density at radius 2 is 1.00 bits per heavy atom. The van der Waals surface area contributed by atoms with E-state index in [0.717, 1.165) is 6.42 Å². The largest absolute Gasteiger partial charge is 0.201 e. The quantitative estimate of drug-likeness (QED) is 0.670. The van der Waals surface area contributed by atoms with Crippen molar-refractivity contribution in [2.75, 3.05) is 11.8 Å². The molecule has 19 heavy (non-hydrogen) atoms. The lowest BCUT2D eigenvalue weighted by atomic mass is 10.1. The minimum Gasteiger partial charge on any atom is -0.159 e. The maximum absolute atomic E-state index is 5.35. The van der Waals surface area contributed by atoms with Gasteiger partial charge in [0.2, 0.25) is 11.3 Å². The van der Waals surface area contributed by atoms with Gasteiger partial charge in [0.15, 0.2) is 5.66 Å². The molecule has 0 bridgehead atoms. The lowest BCUT2D eigenvalue weighted by molar-refractivity contribution is 0.589. The number of hydrogen-bond acceptors (Lipinski definition) is 6. The predicted molar refractivity (Wildman–Crippen MR) is 76.1 cm³/mol. The Morgan fingerprint density at radius 1 is 0.684 bits per heavy atom. The number of alkyl halides is 2. The van der Waals surface area contributed by atoms with Crippen molar-refractivity contribution >= 4 is 23.2 Å². The predicted octanol–water partition coefficient (Wildman–Crippen LogP) is 4.78. The van der Waals surface area contributed by atoms with Crippen LogP contribution in [-0.2, 0) is 0 Å². The highest BCUT2D eigenvalue weighted by atomic mass is 35.5. The third-order valence-corrected chi connectivity index (χ3v) is 3.57. The molecule has 8 heteroatoms. The van der Waals surface area contributed by atoms with E-state index in [2.05, 4.69) is 44.5 Å². The van der Waals surface area contributed by atoms with Gasteiger partial charge in [-0.25, -0.2) is 0 Å². The van der Waals surface area contributed by atoms with Gasteiger partial charge in [0.05, 0.1) is 11.8 Å². The van der Waals surface area contributed by atoms with Gasteiger partial charge in [-0.15, -0.1) is 23.2 Å². The van der Waals surface area contributed by atoms with Crippen molar-refractivity contribution in [1.82, 2.24) is 0 Å². The van der Waals surface area contributed by atoms with Gasteiger partial charge in [-0.1, -0.05) is 13.3 Å². The van der Waals surface area contributed by atoms with E-state index in [1.807, 2.05) is 13.8 Å². The zero-order chi connectivity index (χ0) is 14.6. The molecule has 0 amide bonds. The fraction of sp³-hybridized carbons (Fsp3) is 1.00. The molecule has 0 aromatic heterocycles. The monoisotopic (exact) mass is 306 g/mol. The molecule has 0 aromatic carbocycles. The zero-order valence-electron chi connectivity index (χ0n) is 11.8. The number of halogens is 2. The molecule has 0 saturated heterocycles. The van der Waals surface area contributed by atoms with Crippen molar-refractivity contribution in [2.45, 2.75) is 57.5 Å². The molecule has 6 nitrogen and oxygen atoms in total. The summed E-state index contributed by atoms with van der Waals surface area (Å²) in [4.78, 5) is 0. The van der Waals surface area contributed by atoms with Crippen LogP contribution in [-0.4, -0.2) is 28.7 Å². The molecule has 3 aliphatic heterocycles. The molecule has 3 rings (SSSR count). The first kappa shape index (κ1) is 16.4. The van der Waals surface area contributed by atoms with Crippen LogP contribution in [0, 0.1) is 0 Å². The van der Waals surface area contributed by atoms with E-state index < -0.39 is 0 Å². The topological polar surface area (TPSA) is 74.2 Å². The number of nitrogens with zero attached hydrogens (tertiary/aromatic N) is 6. The van der Waals surface area contributed by atoms with Crippen LogP contribution in [0.15, 0.2) is 30.7 Å². The van der Waals surface area contributed by atoms with E-state index in [-0.39, 0.29) is 17.0 Å². The SMILES string of the molecule is CC1(CCl)N=N1.CC1(CCl)N=N1.CCCC1(C)N=N1. The highest BCUT2D eigenvalue weighted by molar-refractivity contribution is 6.19.